The van der Waals surface area contributed by atoms with Crippen molar-refractivity contribution in [2.24, 2.45) is 11.5 Å². The fourth-order valence-electron chi connectivity index (χ4n) is 3.39. The number of nitrogens with one attached hydrogen (secondary N) is 3. The Hall–Kier alpha value is -3.33. The van der Waals surface area contributed by atoms with Crippen molar-refractivity contribution in [3.63, 3.8) is 0 Å². The summed E-state index contributed by atoms with van der Waals surface area (Å²) in [6.45, 7) is 2.43. The van der Waals surface area contributed by atoms with Crippen molar-refractivity contribution in [2.75, 3.05) is 6.54 Å². The molecular weight excluding hydrogens is 468 g/mol. The molecule has 0 spiro atoms. The van der Waals surface area contributed by atoms with Gasteiger partial charge in [0.15, 0.2) is 10.7 Å². The highest BCUT2D eigenvalue weighted by Gasteiger charge is 2.32. The second kappa shape index (κ2) is 10.3. The predicted molar refractivity (Wildman–Crippen MR) is 118 cm³/mol. The van der Waals surface area contributed by atoms with Gasteiger partial charge in [-0.2, -0.15) is 13.9 Å². The lowest BCUT2D eigenvalue weighted by atomic mass is 9.99. The Morgan fingerprint density at radius 2 is 2.00 bits per heavy atom. The van der Waals surface area contributed by atoms with Gasteiger partial charge in [0.1, 0.15) is 17.6 Å². The Morgan fingerprint density at radius 3 is 2.59 bits per heavy atom. The van der Waals surface area contributed by atoms with Gasteiger partial charge in [-0.15, -0.1) is 0 Å². The van der Waals surface area contributed by atoms with Crippen LogP contribution in [0.3, 0.4) is 0 Å². The molecule has 7 N–H and O–H groups in total. The lowest BCUT2D eigenvalue weighted by Gasteiger charge is -2.13. The average Bonchev–Trinajstić information content (AvgIpc) is 3.37. The van der Waals surface area contributed by atoms with E-state index in [4.69, 9.17) is 26.2 Å². The first-order valence-corrected chi connectivity index (χ1v) is 11.7. The summed E-state index contributed by atoms with van der Waals surface area (Å²) in [6.07, 6.45) is 0.0747. The highest BCUT2D eigenvalue weighted by Crippen LogP contribution is 2.27. The topological polar surface area (TPSA) is 213 Å². The Kier molecular flexibility index (Phi) is 7.66. The summed E-state index contributed by atoms with van der Waals surface area (Å²) in [5.41, 5.74) is 15.6. The van der Waals surface area contributed by atoms with Crippen LogP contribution in [0.4, 0.5) is 0 Å². The van der Waals surface area contributed by atoms with E-state index >= 15 is 0 Å². The molecule has 13 nitrogen and oxygen atoms in total. The Bertz CT molecular complexity index is 1160. The summed E-state index contributed by atoms with van der Waals surface area (Å²) >= 11 is 0. The van der Waals surface area contributed by atoms with Gasteiger partial charge in [0, 0.05) is 12.1 Å². The van der Waals surface area contributed by atoms with Crippen molar-refractivity contribution >= 4 is 27.8 Å². The molecule has 1 aromatic carbocycles. The minimum absolute atomic E-state index is 0.00578. The minimum atomic E-state index is -4.47. The van der Waals surface area contributed by atoms with E-state index in [0.29, 0.717) is 12.0 Å². The van der Waals surface area contributed by atoms with Gasteiger partial charge in [-0.05, 0) is 25.8 Å². The van der Waals surface area contributed by atoms with E-state index in [2.05, 4.69) is 20.1 Å². The molecule has 184 valence electrons. The monoisotopic (exact) mass is 494 g/mol. The Labute approximate surface area is 195 Å². The number of rotatable bonds is 9. The zero-order valence-electron chi connectivity index (χ0n) is 18.5. The third-order valence-corrected chi connectivity index (χ3v) is 6.61. The van der Waals surface area contributed by atoms with Crippen molar-refractivity contribution in [3.05, 3.63) is 46.8 Å². The van der Waals surface area contributed by atoms with Gasteiger partial charge >= 0.3 is 16.1 Å². The molecule has 0 aliphatic carbocycles. The van der Waals surface area contributed by atoms with Crippen molar-refractivity contribution in [1.82, 2.24) is 16.0 Å². The van der Waals surface area contributed by atoms with E-state index in [-0.39, 0.29) is 41.2 Å². The zero-order chi connectivity index (χ0) is 25.0. The van der Waals surface area contributed by atoms with Crippen LogP contribution in [0.1, 0.15) is 41.5 Å². The highest BCUT2D eigenvalue weighted by atomic mass is 32.2. The van der Waals surface area contributed by atoms with E-state index in [1.54, 1.807) is 12.1 Å². The van der Waals surface area contributed by atoms with Crippen LogP contribution in [-0.4, -0.2) is 50.0 Å². The maximum Gasteiger partial charge on any atom is 0.347 e. The molecule has 1 amide bonds. The van der Waals surface area contributed by atoms with E-state index in [1.807, 2.05) is 12.1 Å². The summed E-state index contributed by atoms with van der Waals surface area (Å²) in [6, 6.07) is 5.54. The first-order valence-electron chi connectivity index (χ1n) is 10.3. The van der Waals surface area contributed by atoms with E-state index < -0.39 is 34.1 Å². The highest BCUT2D eigenvalue weighted by molar-refractivity contribution is 7.87. The third-order valence-electron chi connectivity index (χ3n) is 5.14. The lowest BCUT2D eigenvalue weighted by molar-refractivity contribution is -0.135. The number of hydrogen-bond acceptors (Lipinski definition) is 11. The van der Waals surface area contributed by atoms with Crippen molar-refractivity contribution in [2.45, 2.75) is 49.8 Å². The van der Waals surface area contributed by atoms with E-state index in [9.17, 15) is 18.0 Å². The minimum Gasteiger partial charge on any atom is -0.384 e. The number of hydrogen-bond donors (Lipinski definition) is 5. The van der Waals surface area contributed by atoms with Crippen LogP contribution in [0.5, 0.6) is 0 Å². The van der Waals surface area contributed by atoms with Crippen LogP contribution < -0.4 is 22.3 Å². The molecule has 14 heteroatoms. The van der Waals surface area contributed by atoms with Crippen molar-refractivity contribution in [3.8, 4) is 0 Å². The number of hydroxylamine groups is 1. The van der Waals surface area contributed by atoms with Crippen LogP contribution in [-0.2, 0) is 28.7 Å². The van der Waals surface area contributed by atoms with E-state index in [0.717, 1.165) is 5.56 Å². The number of nitrogens with two attached hydrogens (primary N) is 2. The molecule has 1 fully saturated rings. The molecule has 0 saturated carbocycles. The Balaban J connectivity index is 1.45. The first-order chi connectivity index (χ1) is 16.0. The molecular formula is C20H26N6O7S. The molecule has 3 atom stereocenters. The number of amidine groups is 1. The molecule has 1 unspecified atom stereocenters. The molecule has 1 aliphatic rings. The predicted octanol–water partition coefficient (Wildman–Crippen LogP) is -0.324. The molecule has 1 aromatic heterocycles. The van der Waals surface area contributed by atoms with Crippen molar-refractivity contribution in [1.29, 1.82) is 5.41 Å². The zero-order valence-corrected chi connectivity index (χ0v) is 19.3. The molecule has 34 heavy (non-hydrogen) atoms. The number of benzene rings is 1. The average molecular weight is 495 g/mol. The molecule has 1 aliphatic heterocycles. The first kappa shape index (κ1) is 25.3. The largest absolute Gasteiger partial charge is 0.384 e. The molecule has 2 heterocycles. The van der Waals surface area contributed by atoms with Gasteiger partial charge in [0.05, 0.1) is 18.6 Å². The van der Waals surface area contributed by atoms with Gasteiger partial charge < -0.3 is 25.5 Å². The maximum atomic E-state index is 12.3. The van der Waals surface area contributed by atoms with Gasteiger partial charge in [0.25, 0.3) is 0 Å². The molecule has 3 rings (SSSR count). The normalized spacial score (nSPS) is 18.9. The fourth-order valence-corrected chi connectivity index (χ4v) is 4.60. The van der Waals surface area contributed by atoms with E-state index in [1.165, 1.54) is 13.8 Å². The van der Waals surface area contributed by atoms with Crippen LogP contribution >= 0.6 is 0 Å². The van der Waals surface area contributed by atoms with Gasteiger partial charge in [0.2, 0.25) is 5.91 Å². The van der Waals surface area contributed by atoms with Gasteiger partial charge in [-0.3, -0.25) is 15.0 Å². The Morgan fingerprint density at radius 1 is 1.32 bits per heavy atom. The number of nitrogen functional groups attached to an aromatic ring is 1. The van der Waals surface area contributed by atoms with Crippen LogP contribution in [0, 0.1) is 19.3 Å². The standard InChI is InChI=1S/C20H26N6O7S/c1-10-18(11(2)31-25-10)34(29,30)33-20(28)15(21)9-24-17(27)8-14-7-16(26-32-14)12-3-5-13(6-4-12)19(22)23/h3-6,14-16,26H,7-9,21H2,1-2H3,(H3,22,23)(H,24,27)/t14-,15?,16+/m1/s1. The summed E-state index contributed by atoms with van der Waals surface area (Å²) in [4.78, 5) is 29.5. The number of aromatic nitrogens is 1. The maximum absolute atomic E-state index is 12.3. The second-order valence-electron chi connectivity index (χ2n) is 7.81. The molecule has 1 saturated heterocycles. The summed E-state index contributed by atoms with van der Waals surface area (Å²) in [5, 5.41) is 13.4. The van der Waals surface area contributed by atoms with Gasteiger partial charge in [-0.25, -0.2) is 4.79 Å². The summed E-state index contributed by atoms with van der Waals surface area (Å²) in [5.74, 6) is -1.71. The smallest absolute Gasteiger partial charge is 0.347 e. The summed E-state index contributed by atoms with van der Waals surface area (Å²) < 4.78 is 33.9. The van der Waals surface area contributed by atoms with Crippen LogP contribution in [0.2, 0.25) is 0 Å². The number of nitrogens with zero attached hydrogens (tertiary/aromatic N) is 1. The SMILES string of the molecule is Cc1noc(C)c1S(=O)(=O)OC(=O)C(N)CNC(=O)C[C@H]1C[C@@H](c2ccc(C(=N)N)cc2)NO1. The molecule has 2 aromatic rings. The van der Waals surface area contributed by atoms with Crippen LogP contribution in [0.25, 0.3) is 0 Å². The quantitative estimate of drug-likeness (QED) is 0.173. The molecule has 0 bridgehead atoms. The van der Waals surface area contributed by atoms with Gasteiger partial charge in [-0.1, -0.05) is 29.4 Å². The number of carbonyl (C=O) groups is 2. The number of aryl methyl sites for hydroxylation is 2. The molecule has 0 radical (unpaired) electrons. The second-order valence-corrected chi connectivity index (χ2v) is 9.29. The third kappa shape index (κ3) is 5.96. The van der Waals surface area contributed by atoms with Crippen molar-refractivity contribution < 1.29 is 31.6 Å². The number of amides is 1. The summed E-state index contributed by atoms with van der Waals surface area (Å²) in [7, 11) is -4.47. The number of carbonyl (C=O) groups excluding carboxylic acids is 2. The van der Waals surface area contributed by atoms with Crippen LogP contribution in [0.15, 0.2) is 33.7 Å². The lowest BCUT2D eigenvalue weighted by Crippen LogP contribution is -2.44. The fraction of sp³-hybridized carbons (Fsp3) is 0.400.